The van der Waals surface area contributed by atoms with Crippen molar-refractivity contribution >= 4 is 11.6 Å². The third-order valence-corrected chi connectivity index (χ3v) is 3.72. The third-order valence-electron chi connectivity index (χ3n) is 3.72. The van der Waals surface area contributed by atoms with E-state index in [-0.39, 0.29) is 18.1 Å². The summed E-state index contributed by atoms with van der Waals surface area (Å²) in [4.78, 5) is 4.06. The Labute approximate surface area is 145 Å². The Morgan fingerprint density at radius 2 is 1.96 bits per heavy atom. The van der Waals surface area contributed by atoms with E-state index >= 15 is 0 Å². The predicted molar refractivity (Wildman–Crippen MR) is 93.5 cm³/mol. The number of guanidine groups is 1. The number of aliphatic imine (C=N–C) groups is 1. The Kier molecular flexibility index (Phi) is 5.35. The fraction of sp³-hybridized carbons (Fsp3) is 0.278. The predicted octanol–water partition coefficient (Wildman–Crippen LogP) is 2.45. The van der Waals surface area contributed by atoms with Gasteiger partial charge in [-0.15, -0.1) is 0 Å². The molecule has 0 amide bonds. The fourth-order valence-electron chi connectivity index (χ4n) is 2.46. The van der Waals surface area contributed by atoms with Crippen molar-refractivity contribution in [2.24, 2.45) is 10.7 Å². The lowest BCUT2D eigenvalue weighted by molar-refractivity contribution is 0.182. The van der Waals surface area contributed by atoms with Gasteiger partial charge in [0, 0.05) is 23.7 Å². The van der Waals surface area contributed by atoms with Gasteiger partial charge in [-0.25, -0.2) is 4.39 Å². The van der Waals surface area contributed by atoms with Crippen molar-refractivity contribution in [3.05, 3.63) is 53.8 Å². The van der Waals surface area contributed by atoms with E-state index in [1.807, 2.05) is 0 Å². The number of benzene rings is 2. The maximum absolute atomic E-state index is 13.6. The van der Waals surface area contributed by atoms with Crippen LogP contribution in [0.4, 0.5) is 10.1 Å². The van der Waals surface area contributed by atoms with Crippen molar-refractivity contribution in [2.45, 2.75) is 12.5 Å². The van der Waals surface area contributed by atoms with E-state index < -0.39 is 11.9 Å². The summed E-state index contributed by atoms with van der Waals surface area (Å²) in [6.07, 6.45) is -0.236. The van der Waals surface area contributed by atoms with Crippen LogP contribution < -0.4 is 20.5 Å². The molecule has 0 spiro atoms. The molecular formula is C18H20FN3O3. The largest absolute Gasteiger partial charge is 0.490 e. The van der Waals surface area contributed by atoms with Gasteiger partial charge in [-0.05, 0) is 18.2 Å². The number of nitrogens with one attached hydrogen (secondary N) is 1. The summed E-state index contributed by atoms with van der Waals surface area (Å²) < 4.78 is 24.8. The first-order chi connectivity index (χ1) is 12.1. The Hall–Kier alpha value is -2.80. The van der Waals surface area contributed by atoms with Crippen LogP contribution >= 0.6 is 0 Å². The summed E-state index contributed by atoms with van der Waals surface area (Å²) in [7, 11) is 0. The first kappa shape index (κ1) is 17.0. The number of rotatable bonds is 4. The number of aliphatic hydroxyl groups is 1. The van der Waals surface area contributed by atoms with Crippen molar-refractivity contribution in [1.82, 2.24) is 0 Å². The highest BCUT2D eigenvalue weighted by Gasteiger charge is 2.13. The molecule has 1 unspecified atom stereocenters. The minimum atomic E-state index is -1.06. The van der Waals surface area contributed by atoms with Gasteiger partial charge in [-0.1, -0.05) is 18.2 Å². The smallest absolute Gasteiger partial charge is 0.193 e. The molecule has 0 radical (unpaired) electrons. The molecule has 4 N–H and O–H groups in total. The molecule has 1 heterocycles. The second-order valence-electron chi connectivity index (χ2n) is 5.60. The number of nitrogens with two attached hydrogens (primary N) is 1. The number of hydrogen-bond donors (Lipinski definition) is 3. The minimum Gasteiger partial charge on any atom is -0.490 e. The summed E-state index contributed by atoms with van der Waals surface area (Å²) >= 11 is 0. The average molecular weight is 345 g/mol. The summed E-state index contributed by atoms with van der Waals surface area (Å²) in [5.74, 6) is 0.972. The first-order valence-electron chi connectivity index (χ1n) is 8.02. The molecule has 25 heavy (non-hydrogen) atoms. The van der Waals surface area contributed by atoms with Crippen LogP contribution in [-0.2, 0) is 0 Å². The van der Waals surface area contributed by atoms with Gasteiger partial charge in [0.15, 0.2) is 17.5 Å². The minimum absolute atomic E-state index is 0.0513. The zero-order chi connectivity index (χ0) is 17.6. The zero-order valence-electron chi connectivity index (χ0n) is 13.6. The van der Waals surface area contributed by atoms with Gasteiger partial charge in [0.25, 0.3) is 0 Å². The zero-order valence-corrected chi connectivity index (χ0v) is 13.6. The third kappa shape index (κ3) is 4.39. The molecule has 1 aliphatic rings. The molecule has 1 aliphatic heterocycles. The first-order valence-corrected chi connectivity index (χ1v) is 8.02. The second kappa shape index (κ2) is 7.85. The highest BCUT2D eigenvalue weighted by molar-refractivity contribution is 5.92. The number of aliphatic hydroxyl groups excluding tert-OH is 1. The van der Waals surface area contributed by atoms with Gasteiger partial charge in [0.2, 0.25) is 0 Å². The quantitative estimate of drug-likeness (QED) is 0.585. The lowest BCUT2D eigenvalue weighted by atomic mass is 10.1. The second-order valence-corrected chi connectivity index (χ2v) is 5.60. The number of anilines is 1. The van der Waals surface area contributed by atoms with E-state index in [0.717, 1.165) is 6.42 Å². The number of nitrogens with zero attached hydrogens (tertiary/aromatic N) is 1. The highest BCUT2D eigenvalue weighted by atomic mass is 19.1. The lowest BCUT2D eigenvalue weighted by Gasteiger charge is -2.12. The van der Waals surface area contributed by atoms with Gasteiger partial charge in [0.05, 0.1) is 19.8 Å². The molecule has 1 atom stereocenters. The molecule has 132 valence electrons. The van der Waals surface area contributed by atoms with E-state index in [4.69, 9.17) is 15.2 Å². The molecular weight excluding hydrogens is 325 g/mol. The maximum Gasteiger partial charge on any atom is 0.193 e. The monoisotopic (exact) mass is 345 g/mol. The van der Waals surface area contributed by atoms with Crippen LogP contribution in [0.15, 0.2) is 47.5 Å². The Bertz CT molecular complexity index is 767. The average Bonchev–Trinajstić information content (AvgIpc) is 2.85. The SMILES string of the molecule is NC(=NCC(O)c1ccccc1F)Nc1ccc2c(c1)OCCCO2. The molecule has 3 rings (SSSR count). The number of ether oxygens (including phenoxy) is 2. The van der Waals surface area contributed by atoms with Gasteiger partial charge in [-0.2, -0.15) is 0 Å². The number of halogens is 1. The lowest BCUT2D eigenvalue weighted by Crippen LogP contribution is -2.23. The molecule has 2 aromatic carbocycles. The van der Waals surface area contributed by atoms with Crippen molar-refractivity contribution in [2.75, 3.05) is 25.1 Å². The summed E-state index contributed by atoms with van der Waals surface area (Å²) in [6.45, 7) is 1.16. The summed E-state index contributed by atoms with van der Waals surface area (Å²) in [6, 6.07) is 11.4. The van der Waals surface area contributed by atoms with Crippen molar-refractivity contribution in [3.8, 4) is 11.5 Å². The topological polar surface area (TPSA) is 89.1 Å². The summed E-state index contributed by atoms with van der Waals surface area (Å²) in [5.41, 5.74) is 6.71. The molecule has 0 saturated carbocycles. The van der Waals surface area contributed by atoms with Gasteiger partial charge < -0.3 is 25.6 Å². The molecule has 7 heteroatoms. The normalized spacial score (nSPS) is 15.4. The van der Waals surface area contributed by atoms with Gasteiger partial charge in [0.1, 0.15) is 11.9 Å². The molecule has 6 nitrogen and oxygen atoms in total. The molecule has 2 aromatic rings. The number of hydrogen-bond acceptors (Lipinski definition) is 4. The molecule has 0 fully saturated rings. The van der Waals surface area contributed by atoms with E-state index in [1.54, 1.807) is 30.3 Å². The molecule has 0 aliphatic carbocycles. The van der Waals surface area contributed by atoms with Crippen LogP contribution in [0.5, 0.6) is 11.5 Å². The van der Waals surface area contributed by atoms with Crippen LogP contribution in [-0.4, -0.2) is 30.8 Å². The molecule has 0 saturated heterocycles. The Morgan fingerprint density at radius 1 is 1.20 bits per heavy atom. The van der Waals surface area contributed by atoms with E-state index in [1.165, 1.54) is 12.1 Å². The molecule has 0 bridgehead atoms. The standard InChI is InChI=1S/C18H20FN3O3/c19-14-5-2-1-4-13(14)15(23)11-21-18(20)22-12-6-7-16-17(10-12)25-9-3-8-24-16/h1-2,4-7,10,15,23H,3,8-9,11H2,(H3,20,21,22). The van der Waals surface area contributed by atoms with Gasteiger partial charge >= 0.3 is 0 Å². The van der Waals surface area contributed by atoms with Crippen LogP contribution in [0.1, 0.15) is 18.1 Å². The van der Waals surface area contributed by atoms with E-state index in [9.17, 15) is 9.50 Å². The fourth-order valence-corrected chi connectivity index (χ4v) is 2.46. The highest BCUT2D eigenvalue weighted by Crippen LogP contribution is 2.32. The Balaban J connectivity index is 1.63. The van der Waals surface area contributed by atoms with Crippen LogP contribution in [0.25, 0.3) is 0 Å². The van der Waals surface area contributed by atoms with Crippen LogP contribution in [0.3, 0.4) is 0 Å². The van der Waals surface area contributed by atoms with Crippen molar-refractivity contribution < 1.29 is 19.0 Å². The van der Waals surface area contributed by atoms with Crippen molar-refractivity contribution in [1.29, 1.82) is 0 Å². The molecule has 0 aromatic heterocycles. The van der Waals surface area contributed by atoms with Gasteiger partial charge in [-0.3, -0.25) is 4.99 Å². The van der Waals surface area contributed by atoms with Crippen molar-refractivity contribution in [3.63, 3.8) is 0 Å². The van der Waals surface area contributed by atoms with Crippen LogP contribution in [0, 0.1) is 5.82 Å². The van der Waals surface area contributed by atoms with Crippen LogP contribution in [0.2, 0.25) is 0 Å². The summed E-state index contributed by atoms with van der Waals surface area (Å²) in [5, 5.41) is 13.0. The van der Waals surface area contributed by atoms with E-state index in [0.29, 0.717) is 30.4 Å². The van der Waals surface area contributed by atoms with E-state index in [2.05, 4.69) is 10.3 Å². The maximum atomic E-state index is 13.6. The number of fused-ring (bicyclic) bond motifs is 1. The Morgan fingerprint density at radius 3 is 2.76 bits per heavy atom.